The Morgan fingerprint density at radius 3 is 2.83 bits per heavy atom. The largest absolute Gasteiger partial charge is 0.471 e. The number of benzene rings is 1. The molecule has 2 heterocycles. The summed E-state index contributed by atoms with van der Waals surface area (Å²) in [5, 5.41) is 0. The molecule has 0 saturated heterocycles. The first kappa shape index (κ1) is 10.7. The smallest absolute Gasteiger partial charge is 0.245 e. The van der Waals surface area contributed by atoms with Crippen LogP contribution in [0.1, 0.15) is 11.3 Å². The summed E-state index contributed by atoms with van der Waals surface area (Å²) in [5.74, 6) is 0.678. The van der Waals surface area contributed by atoms with E-state index in [1.165, 1.54) is 0 Å². The SMILES string of the molecule is Nc1nc2c(c(OCc3ccccc3)n1)N=CC2. The van der Waals surface area contributed by atoms with Gasteiger partial charge in [0.2, 0.25) is 11.8 Å². The zero-order valence-electron chi connectivity index (χ0n) is 9.71. The predicted molar refractivity (Wildman–Crippen MR) is 69.1 cm³/mol. The minimum atomic E-state index is 0.224. The monoisotopic (exact) mass is 240 g/mol. The molecular weight excluding hydrogens is 228 g/mol. The number of aliphatic imine (C=N–C) groups is 1. The van der Waals surface area contributed by atoms with Crippen LogP contribution in [0.25, 0.3) is 0 Å². The van der Waals surface area contributed by atoms with Crippen LogP contribution >= 0.6 is 0 Å². The molecule has 2 aromatic rings. The molecule has 0 fully saturated rings. The highest BCUT2D eigenvalue weighted by Gasteiger charge is 2.17. The summed E-state index contributed by atoms with van der Waals surface area (Å²) in [7, 11) is 0. The van der Waals surface area contributed by atoms with Gasteiger partial charge in [0.25, 0.3) is 0 Å². The minimum Gasteiger partial charge on any atom is -0.471 e. The van der Waals surface area contributed by atoms with Crippen LogP contribution in [0.4, 0.5) is 11.6 Å². The Morgan fingerprint density at radius 2 is 2.00 bits per heavy atom. The first-order valence-electron chi connectivity index (χ1n) is 5.68. The molecule has 0 atom stereocenters. The number of nitrogens with zero attached hydrogens (tertiary/aromatic N) is 3. The lowest BCUT2D eigenvalue weighted by Crippen LogP contribution is -2.03. The molecule has 0 radical (unpaired) electrons. The average Bonchev–Trinajstić information content (AvgIpc) is 2.85. The molecule has 1 aromatic carbocycles. The number of nitrogen functional groups attached to an aromatic ring is 1. The number of nitrogens with two attached hydrogens (primary N) is 1. The van der Waals surface area contributed by atoms with Gasteiger partial charge in [0, 0.05) is 12.6 Å². The van der Waals surface area contributed by atoms with Crippen LogP contribution in [-0.4, -0.2) is 16.2 Å². The van der Waals surface area contributed by atoms with E-state index in [1.807, 2.05) is 30.3 Å². The Balaban J connectivity index is 1.83. The fraction of sp³-hybridized carbons (Fsp3) is 0.154. The Bertz CT molecular complexity index is 595. The topological polar surface area (TPSA) is 73.4 Å². The number of hydrogen-bond acceptors (Lipinski definition) is 5. The number of hydrogen-bond donors (Lipinski definition) is 1. The van der Waals surface area contributed by atoms with Crippen molar-refractivity contribution in [3.8, 4) is 5.88 Å². The fourth-order valence-electron chi connectivity index (χ4n) is 1.82. The summed E-state index contributed by atoms with van der Waals surface area (Å²) in [6.45, 7) is 0.444. The zero-order valence-corrected chi connectivity index (χ0v) is 9.71. The number of rotatable bonds is 3. The third-order valence-electron chi connectivity index (χ3n) is 2.66. The van der Waals surface area contributed by atoms with E-state index in [9.17, 15) is 0 Å². The Kier molecular flexibility index (Phi) is 2.64. The third kappa shape index (κ3) is 2.02. The van der Waals surface area contributed by atoms with Crippen LogP contribution in [0.5, 0.6) is 5.88 Å². The van der Waals surface area contributed by atoms with E-state index < -0.39 is 0 Å². The van der Waals surface area contributed by atoms with Gasteiger partial charge in [-0.25, -0.2) is 4.98 Å². The highest BCUT2D eigenvalue weighted by molar-refractivity contribution is 5.77. The summed E-state index contributed by atoms with van der Waals surface area (Å²) >= 11 is 0. The second-order valence-corrected chi connectivity index (χ2v) is 3.97. The number of anilines is 1. The van der Waals surface area contributed by atoms with Crippen LogP contribution in [0.3, 0.4) is 0 Å². The fourth-order valence-corrected chi connectivity index (χ4v) is 1.82. The van der Waals surface area contributed by atoms with Crippen LogP contribution in [-0.2, 0) is 13.0 Å². The predicted octanol–water partition coefficient (Wildman–Crippen LogP) is 1.90. The summed E-state index contributed by atoms with van der Waals surface area (Å²) in [4.78, 5) is 12.4. The Morgan fingerprint density at radius 1 is 1.17 bits per heavy atom. The zero-order chi connectivity index (χ0) is 12.4. The summed E-state index contributed by atoms with van der Waals surface area (Å²) < 4.78 is 5.67. The maximum atomic E-state index is 5.67. The lowest BCUT2D eigenvalue weighted by atomic mass is 10.2. The maximum Gasteiger partial charge on any atom is 0.245 e. The maximum absolute atomic E-state index is 5.67. The van der Waals surface area contributed by atoms with Crippen molar-refractivity contribution in [1.82, 2.24) is 9.97 Å². The van der Waals surface area contributed by atoms with Crippen molar-refractivity contribution < 1.29 is 4.74 Å². The van der Waals surface area contributed by atoms with E-state index in [2.05, 4.69) is 15.0 Å². The first-order valence-corrected chi connectivity index (χ1v) is 5.68. The molecule has 0 saturated carbocycles. The second kappa shape index (κ2) is 4.44. The van der Waals surface area contributed by atoms with Crippen molar-refractivity contribution in [2.75, 3.05) is 5.73 Å². The number of ether oxygens (including phenoxy) is 1. The van der Waals surface area contributed by atoms with Gasteiger partial charge in [-0.3, -0.25) is 4.99 Å². The summed E-state index contributed by atoms with van der Waals surface area (Å²) in [6.07, 6.45) is 2.47. The van der Waals surface area contributed by atoms with E-state index in [4.69, 9.17) is 10.5 Å². The van der Waals surface area contributed by atoms with Crippen molar-refractivity contribution in [2.24, 2.45) is 4.99 Å². The van der Waals surface area contributed by atoms with Gasteiger partial charge in [-0.15, -0.1) is 0 Å². The van der Waals surface area contributed by atoms with Gasteiger partial charge in [0.15, 0.2) is 0 Å². The highest BCUT2D eigenvalue weighted by atomic mass is 16.5. The summed E-state index contributed by atoms with van der Waals surface area (Å²) in [6, 6.07) is 9.89. The minimum absolute atomic E-state index is 0.224. The van der Waals surface area contributed by atoms with Crippen LogP contribution in [0, 0.1) is 0 Å². The molecular formula is C13H12N4O. The molecule has 2 N–H and O–H groups in total. The van der Waals surface area contributed by atoms with Gasteiger partial charge in [-0.05, 0) is 5.56 Å². The number of fused-ring (bicyclic) bond motifs is 1. The quantitative estimate of drug-likeness (QED) is 0.889. The lowest BCUT2D eigenvalue weighted by Gasteiger charge is -2.08. The molecule has 18 heavy (non-hydrogen) atoms. The van der Waals surface area contributed by atoms with Gasteiger partial charge in [-0.2, -0.15) is 4.98 Å². The standard InChI is InChI=1S/C13H12N4O/c14-13-16-10-6-7-15-11(10)12(17-13)18-8-9-4-2-1-3-5-9/h1-5,7H,6,8H2,(H2,14,16,17). The van der Waals surface area contributed by atoms with E-state index in [-0.39, 0.29) is 5.95 Å². The molecule has 3 rings (SSSR count). The molecule has 0 unspecified atom stereocenters. The molecule has 0 aliphatic carbocycles. The van der Waals surface area contributed by atoms with Crippen molar-refractivity contribution in [3.05, 3.63) is 41.6 Å². The van der Waals surface area contributed by atoms with Crippen molar-refractivity contribution in [3.63, 3.8) is 0 Å². The van der Waals surface area contributed by atoms with Gasteiger partial charge in [-0.1, -0.05) is 30.3 Å². The molecule has 90 valence electrons. The van der Waals surface area contributed by atoms with Crippen molar-refractivity contribution in [1.29, 1.82) is 0 Å². The average molecular weight is 240 g/mol. The molecule has 1 aromatic heterocycles. The molecule has 5 nitrogen and oxygen atoms in total. The van der Waals surface area contributed by atoms with Gasteiger partial charge >= 0.3 is 0 Å². The first-order chi connectivity index (χ1) is 8.83. The normalized spacial score (nSPS) is 12.4. The highest BCUT2D eigenvalue weighted by Crippen LogP contribution is 2.32. The molecule has 0 spiro atoms. The van der Waals surface area contributed by atoms with E-state index in [0.29, 0.717) is 24.6 Å². The van der Waals surface area contributed by atoms with Gasteiger partial charge < -0.3 is 10.5 Å². The van der Waals surface area contributed by atoms with Crippen molar-refractivity contribution in [2.45, 2.75) is 13.0 Å². The van der Waals surface area contributed by atoms with E-state index in [1.54, 1.807) is 6.21 Å². The second-order valence-electron chi connectivity index (χ2n) is 3.97. The Hall–Kier alpha value is -2.43. The Labute approximate surface area is 104 Å². The molecule has 0 amide bonds. The van der Waals surface area contributed by atoms with Gasteiger partial charge in [0.05, 0.1) is 5.69 Å². The van der Waals surface area contributed by atoms with E-state index in [0.717, 1.165) is 11.3 Å². The molecule has 1 aliphatic heterocycles. The van der Waals surface area contributed by atoms with Gasteiger partial charge in [0.1, 0.15) is 12.3 Å². The van der Waals surface area contributed by atoms with Crippen LogP contribution < -0.4 is 10.5 Å². The summed E-state index contributed by atoms with van der Waals surface area (Å²) in [5.41, 5.74) is 8.24. The van der Waals surface area contributed by atoms with Crippen LogP contribution in [0.15, 0.2) is 35.3 Å². The molecule has 1 aliphatic rings. The molecule has 5 heteroatoms. The molecule has 0 bridgehead atoms. The van der Waals surface area contributed by atoms with Crippen molar-refractivity contribution >= 4 is 17.9 Å². The van der Waals surface area contributed by atoms with E-state index >= 15 is 0 Å². The van der Waals surface area contributed by atoms with Crippen LogP contribution in [0.2, 0.25) is 0 Å². The third-order valence-corrected chi connectivity index (χ3v) is 2.66. The lowest BCUT2D eigenvalue weighted by molar-refractivity contribution is 0.295. The number of aromatic nitrogens is 2.